The van der Waals surface area contributed by atoms with E-state index in [0.29, 0.717) is 11.1 Å². The molecular weight excluding hydrogens is 325 g/mol. The van der Waals surface area contributed by atoms with Crippen LogP contribution in [0.2, 0.25) is 0 Å². The summed E-state index contributed by atoms with van der Waals surface area (Å²) in [6.45, 7) is -0.457. The first-order chi connectivity index (χ1) is 12.0. The van der Waals surface area contributed by atoms with Crippen LogP contribution in [0.5, 0.6) is 0 Å². The largest absolute Gasteiger partial charge is 0.507 e. The molecule has 25 heavy (non-hydrogen) atoms. The fraction of sp³-hybridized carbons (Fsp3) is 0.158. The summed E-state index contributed by atoms with van der Waals surface area (Å²) in [7, 11) is 0. The first kappa shape index (κ1) is 16.9. The highest BCUT2D eigenvalue weighted by molar-refractivity contribution is 6.46. The predicted octanol–water partition coefficient (Wildman–Crippen LogP) is 2.24. The lowest BCUT2D eigenvalue weighted by Crippen LogP contribution is -2.32. The Hall–Kier alpha value is -2.99. The van der Waals surface area contributed by atoms with E-state index in [4.69, 9.17) is 0 Å². The summed E-state index contributed by atoms with van der Waals surface area (Å²) in [5, 5.41) is 19.9. The second kappa shape index (κ2) is 6.86. The third-order valence-electron chi connectivity index (χ3n) is 4.09. The summed E-state index contributed by atoms with van der Waals surface area (Å²) < 4.78 is 13.7. The van der Waals surface area contributed by atoms with E-state index in [0.717, 1.165) is 4.90 Å². The normalized spacial score (nSPS) is 19.4. The number of carbonyl (C=O) groups is 2. The van der Waals surface area contributed by atoms with Crippen LogP contribution in [0.3, 0.4) is 0 Å². The van der Waals surface area contributed by atoms with Crippen molar-refractivity contribution in [3.8, 4) is 0 Å². The number of amides is 1. The van der Waals surface area contributed by atoms with Gasteiger partial charge in [0.15, 0.2) is 0 Å². The third kappa shape index (κ3) is 3.04. The number of Topliss-reactive ketones (excluding diaryl/α,β-unsaturated/α-hetero) is 1. The molecule has 1 amide bonds. The van der Waals surface area contributed by atoms with Gasteiger partial charge in [0.1, 0.15) is 11.6 Å². The van der Waals surface area contributed by atoms with Gasteiger partial charge in [-0.3, -0.25) is 9.59 Å². The molecule has 0 unspecified atom stereocenters. The molecule has 0 aromatic heterocycles. The minimum atomic E-state index is -0.956. The maximum Gasteiger partial charge on any atom is 0.295 e. The van der Waals surface area contributed by atoms with Crippen molar-refractivity contribution in [1.29, 1.82) is 0 Å². The molecule has 6 heteroatoms. The highest BCUT2D eigenvalue weighted by Gasteiger charge is 2.45. The van der Waals surface area contributed by atoms with Crippen LogP contribution in [0.4, 0.5) is 4.39 Å². The number of ketones is 1. The number of aliphatic hydroxyl groups is 2. The van der Waals surface area contributed by atoms with Crippen molar-refractivity contribution in [2.75, 3.05) is 13.2 Å². The molecule has 1 aliphatic heterocycles. The smallest absolute Gasteiger partial charge is 0.295 e. The summed E-state index contributed by atoms with van der Waals surface area (Å²) >= 11 is 0. The topological polar surface area (TPSA) is 77.8 Å². The van der Waals surface area contributed by atoms with Crippen molar-refractivity contribution in [3.63, 3.8) is 0 Å². The van der Waals surface area contributed by atoms with Crippen LogP contribution in [0.1, 0.15) is 17.2 Å². The van der Waals surface area contributed by atoms with Crippen molar-refractivity contribution < 1.29 is 24.2 Å². The zero-order valence-electron chi connectivity index (χ0n) is 13.2. The lowest BCUT2D eigenvalue weighted by atomic mass is 9.95. The molecule has 2 aromatic carbocycles. The summed E-state index contributed by atoms with van der Waals surface area (Å²) in [5.74, 6) is -2.54. The molecule has 1 fully saturated rings. The molecule has 3 rings (SSSR count). The van der Waals surface area contributed by atoms with Gasteiger partial charge in [-0.15, -0.1) is 0 Å². The fourth-order valence-electron chi connectivity index (χ4n) is 2.99. The highest BCUT2D eigenvalue weighted by Crippen LogP contribution is 2.39. The van der Waals surface area contributed by atoms with E-state index in [2.05, 4.69) is 0 Å². The van der Waals surface area contributed by atoms with Crippen molar-refractivity contribution >= 4 is 17.4 Å². The molecular formula is C19H16FNO4. The van der Waals surface area contributed by atoms with Gasteiger partial charge >= 0.3 is 0 Å². The van der Waals surface area contributed by atoms with Gasteiger partial charge in [-0.05, 0) is 17.7 Å². The van der Waals surface area contributed by atoms with Crippen LogP contribution in [-0.4, -0.2) is 40.0 Å². The standard InChI is InChI=1S/C19H16FNO4/c20-14-8-4-7-13(11-14)16-15(17(23)12-5-2-1-3-6-12)18(24)19(25)21(16)9-10-22/h1-8,11,16,22-23H,9-10H2/t16-/m1/s1. The number of β-amino-alcohol motifs (C(OH)–C–C–N with tert-alkyl or cyclic N) is 1. The average molecular weight is 341 g/mol. The zero-order chi connectivity index (χ0) is 18.0. The molecule has 0 bridgehead atoms. The van der Waals surface area contributed by atoms with Gasteiger partial charge in [0.25, 0.3) is 11.7 Å². The maximum atomic E-state index is 13.7. The molecule has 1 saturated heterocycles. The number of benzene rings is 2. The second-order valence-corrected chi connectivity index (χ2v) is 5.64. The van der Waals surface area contributed by atoms with Gasteiger partial charge in [-0.2, -0.15) is 0 Å². The van der Waals surface area contributed by atoms with Gasteiger partial charge in [-0.25, -0.2) is 4.39 Å². The zero-order valence-corrected chi connectivity index (χ0v) is 13.2. The molecule has 0 spiro atoms. The van der Waals surface area contributed by atoms with E-state index in [-0.39, 0.29) is 24.5 Å². The minimum absolute atomic E-state index is 0.0999. The van der Waals surface area contributed by atoms with E-state index in [1.54, 1.807) is 36.4 Å². The van der Waals surface area contributed by atoms with E-state index in [1.165, 1.54) is 18.2 Å². The Balaban J connectivity index is 2.20. The number of aliphatic hydroxyl groups excluding tert-OH is 2. The molecule has 2 aromatic rings. The average Bonchev–Trinajstić information content (AvgIpc) is 2.87. The molecule has 128 valence electrons. The van der Waals surface area contributed by atoms with Gasteiger partial charge in [0.05, 0.1) is 18.2 Å². The number of hydrogen-bond acceptors (Lipinski definition) is 4. The quantitative estimate of drug-likeness (QED) is 0.508. The third-order valence-corrected chi connectivity index (χ3v) is 4.09. The molecule has 1 aliphatic rings. The Morgan fingerprint density at radius 3 is 2.44 bits per heavy atom. The Kier molecular flexibility index (Phi) is 4.63. The number of rotatable bonds is 4. The number of carbonyl (C=O) groups excluding carboxylic acids is 2. The Bertz CT molecular complexity index is 848. The van der Waals surface area contributed by atoms with Gasteiger partial charge in [0, 0.05) is 12.1 Å². The lowest BCUT2D eigenvalue weighted by molar-refractivity contribution is -0.140. The van der Waals surface area contributed by atoms with Crippen LogP contribution in [0, 0.1) is 5.82 Å². The minimum Gasteiger partial charge on any atom is -0.507 e. The number of hydrogen-bond donors (Lipinski definition) is 2. The summed E-state index contributed by atoms with van der Waals surface area (Å²) in [5.41, 5.74) is 0.617. The van der Waals surface area contributed by atoms with Crippen molar-refractivity contribution in [3.05, 3.63) is 77.1 Å². The molecule has 0 saturated carbocycles. The monoisotopic (exact) mass is 341 g/mol. The fourth-order valence-corrected chi connectivity index (χ4v) is 2.99. The molecule has 0 radical (unpaired) electrons. The molecule has 2 N–H and O–H groups in total. The Morgan fingerprint density at radius 1 is 1.08 bits per heavy atom. The summed E-state index contributed by atoms with van der Waals surface area (Å²) in [6.07, 6.45) is 0. The first-order valence-corrected chi connectivity index (χ1v) is 7.74. The molecule has 0 aliphatic carbocycles. The molecule has 1 heterocycles. The number of halogens is 1. The van der Waals surface area contributed by atoms with Crippen LogP contribution < -0.4 is 0 Å². The van der Waals surface area contributed by atoms with Crippen LogP contribution in [-0.2, 0) is 9.59 Å². The molecule has 1 atom stereocenters. The first-order valence-electron chi connectivity index (χ1n) is 7.74. The Morgan fingerprint density at radius 2 is 1.80 bits per heavy atom. The van der Waals surface area contributed by atoms with Gasteiger partial charge < -0.3 is 15.1 Å². The van der Waals surface area contributed by atoms with Crippen LogP contribution in [0.15, 0.2) is 60.2 Å². The summed E-state index contributed by atoms with van der Waals surface area (Å²) in [6, 6.07) is 12.9. The van der Waals surface area contributed by atoms with E-state index < -0.39 is 23.5 Å². The molecule has 5 nitrogen and oxygen atoms in total. The van der Waals surface area contributed by atoms with Crippen molar-refractivity contribution in [2.45, 2.75) is 6.04 Å². The second-order valence-electron chi connectivity index (χ2n) is 5.64. The number of nitrogens with zero attached hydrogens (tertiary/aromatic N) is 1. The van der Waals surface area contributed by atoms with Crippen molar-refractivity contribution in [2.24, 2.45) is 0 Å². The van der Waals surface area contributed by atoms with E-state index in [1.807, 2.05) is 0 Å². The van der Waals surface area contributed by atoms with Gasteiger partial charge in [-0.1, -0.05) is 42.5 Å². The van der Waals surface area contributed by atoms with Crippen LogP contribution in [0.25, 0.3) is 5.76 Å². The Labute approximate surface area is 143 Å². The maximum absolute atomic E-state index is 13.7. The van der Waals surface area contributed by atoms with Gasteiger partial charge in [0.2, 0.25) is 0 Å². The predicted molar refractivity (Wildman–Crippen MR) is 88.9 cm³/mol. The van der Waals surface area contributed by atoms with E-state index >= 15 is 0 Å². The number of likely N-dealkylation sites (tertiary alicyclic amines) is 1. The summed E-state index contributed by atoms with van der Waals surface area (Å²) in [4.78, 5) is 26.0. The lowest BCUT2D eigenvalue weighted by Gasteiger charge is -2.24. The van der Waals surface area contributed by atoms with Crippen LogP contribution >= 0.6 is 0 Å². The SMILES string of the molecule is O=C1C(=O)N(CCO)[C@H](c2cccc(F)c2)C1=C(O)c1ccccc1. The highest BCUT2D eigenvalue weighted by atomic mass is 19.1. The van der Waals surface area contributed by atoms with Crippen molar-refractivity contribution in [1.82, 2.24) is 4.90 Å². The van der Waals surface area contributed by atoms with E-state index in [9.17, 15) is 24.2 Å².